The largest absolute Gasteiger partial charge is 0.444 e. The van der Waals surface area contributed by atoms with Crippen molar-refractivity contribution in [3.63, 3.8) is 0 Å². The number of halogens is 1. The molecule has 4 aromatic rings. The Bertz CT molecular complexity index is 1550. The van der Waals surface area contributed by atoms with Crippen molar-refractivity contribution in [1.29, 1.82) is 0 Å². The van der Waals surface area contributed by atoms with Gasteiger partial charge in [-0.05, 0) is 46.2 Å². The lowest BCUT2D eigenvalue weighted by molar-refractivity contribution is 0.0237. The van der Waals surface area contributed by atoms with Gasteiger partial charge in [0.1, 0.15) is 11.1 Å². The van der Waals surface area contributed by atoms with E-state index >= 15 is 0 Å². The standard InChI is InChI=1S/C27H32FN7O3/c1-16-12-35-13-17(11-21(28)24(35)29-16)30-25(36)19-7-8-22(20-15-32(5)31-23(19)20)34-10-9-18(14-34)33(6)26(37)38-27(2,3)4/h7-8,11-13,15,18H,9-10,14H2,1-6H3,(H,30,36)/t18-/m1/s1. The van der Waals surface area contributed by atoms with Crippen LogP contribution in [0.15, 0.2) is 36.8 Å². The molecule has 0 unspecified atom stereocenters. The molecule has 1 atom stereocenters. The first-order chi connectivity index (χ1) is 17.9. The minimum absolute atomic E-state index is 0.00354. The van der Waals surface area contributed by atoms with Gasteiger partial charge >= 0.3 is 6.09 Å². The molecule has 1 N–H and O–H groups in total. The number of hydrogen-bond acceptors (Lipinski definition) is 6. The number of likely N-dealkylation sites (N-methyl/N-ethyl adjacent to an activating group) is 1. The highest BCUT2D eigenvalue weighted by atomic mass is 19.1. The molecule has 1 fully saturated rings. The van der Waals surface area contributed by atoms with Crippen molar-refractivity contribution >= 4 is 39.9 Å². The first-order valence-electron chi connectivity index (χ1n) is 12.5. The highest BCUT2D eigenvalue weighted by Crippen LogP contribution is 2.32. The number of hydrogen-bond donors (Lipinski definition) is 1. The summed E-state index contributed by atoms with van der Waals surface area (Å²) in [6.07, 6.45) is 5.66. The summed E-state index contributed by atoms with van der Waals surface area (Å²) in [5, 5.41) is 8.18. The first-order valence-corrected chi connectivity index (χ1v) is 12.5. The van der Waals surface area contributed by atoms with Gasteiger partial charge in [0.15, 0.2) is 11.5 Å². The first kappa shape index (κ1) is 25.5. The van der Waals surface area contributed by atoms with E-state index in [-0.39, 0.29) is 23.7 Å². The van der Waals surface area contributed by atoms with Crippen LogP contribution >= 0.6 is 0 Å². The van der Waals surface area contributed by atoms with E-state index in [0.717, 1.165) is 24.0 Å². The molecule has 1 saturated heterocycles. The Morgan fingerprint density at radius 1 is 1.21 bits per heavy atom. The van der Waals surface area contributed by atoms with Crippen molar-refractivity contribution < 1.29 is 18.7 Å². The van der Waals surface area contributed by atoms with Gasteiger partial charge in [0.05, 0.1) is 23.0 Å². The predicted octanol–water partition coefficient (Wildman–Crippen LogP) is 4.37. The van der Waals surface area contributed by atoms with Gasteiger partial charge in [-0.2, -0.15) is 5.10 Å². The summed E-state index contributed by atoms with van der Waals surface area (Å²) in [6.45, 7) is 8.71. The molecule has 2 amide bonds. The van der Waals surface area contributed by atoms with Gasteiger partial charge < -0.3 is 24.3 Å². The maximum atomic E-state index is 14.5. The lowest BCUT2D eigenvalue weighted by Crippen LogP contribution is -2.42. The normalized spacial score (nSPS) is 15.9. The lowest BCUT2D eigenvalue weighted by Gasteiger charge is -2.29. The Morgan fingerprint density at radius 3 is 2.71 bits per heavy atom. The predicted molar refractivity (Wildman–Crippen MR) is 143 cm³/mol. The van der Waals surface area contributed by atoms with Gasteiger partial charge in [0, 0.05) is 62.9 Å². The molecule has 0 bridgehead atoms. The molecule has 200 valence electrons. The molecule has 0 radical (unpaired) electrons. The number of aromatic nitrogens is 4. The van der Waals surface area contributed by atoms with Crippen LogP contribution in [0, 0.1) is 12.7 Å². The summed E-state index contributed by atoms with van der Waals surface area (Å²) in [4.78, 5) is 33.8. The van der Waals surface area contributed by atoms with E-state index in [9.17, 15) is 14.0 Å². The molecule has 38 heavy (non-hydrogen) atoms. The number of carbonyl (C=O) groups excluding carboxylic acids is 2. The van der Waals surface area contributed by atoms with Crippen molar-refractivity contribution in [3.05, 3.63) is 53.9 Å². The zero-order valence-electron chi connectivity index (χ0n) is 22.4. The van der Waals surface area contributed by atoms with E-state index in [1.54, 1.807) is 53.5 Å². The van der Waals surface area contributed by atoms with Crippen LogP contribution in [-0.2, 0) is 11.8 Å². The number of nitrogens with zero attached hydrogens (tertiary/aromatic N) is 6. The minimum Gasteiger partial charge on any atom is -0.444 e. The lowest BCUT2D eigenvalue weighted by atomic mass is 10.1. The quantitative estimate of drug-likeness (QED) is 0.429. The second-order valence-corrected chi connectivity index (χ2v) is 10.8. The number of nitrogens with one attached hydrogen (secondary N) is 1. The smallest absolute Gasteiger partial charge is 0.410 e. The number of amides is 2. The average molecular weight is 522 g/mol. The topological polar surface area (TPSA) is 97.0 Å². The zero-order valence-corrected chi connectivity index (χ0v) is 22.4. The fourth-order valence-electron chi connectivity index (χ4n) is 4.87. The summed E-state index contributed by atoms with van der Waals surface area (Å²) in [5.74, 6) is -0.908. The fourth-order valence-corrected chi connectivity index (χ4v) is 4.87. The van der Waals surface area contributed by atoms with E-state index in [4.69, 9.17) is 4.74 Å². The summed E-state index contributed by atoms with van der Waals surface area (Å²) < 4.78 is 23.3. The second kappa shape index (κ2) is 9.30. The van der Waals surface area contributed by atoms with Crippen LogP contribution in [0.4, 0.5) is 20.6 Å². The number of benzene rings is 1. The minimum atomic E-state index is -0.558. The van der Waals surface area contributed by atoms with Gasteiger partial charge in [-0.1, -0.05) is 0 Å². The molecule has 1 aliphatic rings. The van der Waals surface area contributed by atoms with Gasteiger partial charge in [-0.25, -0.2) is 14.2 Å². The number of pyridine rings is 1. The van der Waals surface area contributed by atoms with Gasteiger partial charge in [-0.15, -0.1) is 0 Å². The monoisotopic (exact) mass is 521 g/mol. The third kappa shape index (κ3) is 4.88. The van der Waals surface area contributed by atoms with E-state index in [1.807, 2.05) is 33.0 Å². The number of rotatable bonds is 4. The molecular weight excluding hydrogens is 489 g/mol. The molecule has 1 aliphatic heterocycles. The van der Waals surface area contributed by atoms with Crippen molar-refractivity contribution in [1.82, 2.24) is 24.1 Å². The molecule has 0 spiro atoms. The van der Waals surface area contributed by atoms with Gasteiger partial charge in [0.2, 0.25) is 0 Å². The fraction of sp³-hybridized carbons (Fsp3) is 0.407. The van der Waals surface area contributed by atoms with Crippen molar-refractivity contribution in [2.45, 2.75) is 45.8 Å². The molecule has 10 nitrogen and oxygen atoms in total. The van der Waals surface area contributed by atoms with Crippen molar-refractivity contribution in [2.24, 2.45) is 7.05 Å². The summed E-state index contributed by atoms with van der Waals surface area (Å²) in [6, 6.07) is 4.89. The molecule has 1 aromatic carbocycles. The number of aryl methyl sites for hydroxylation is 2. The van der Waals surface area contributed by atoms with E-state index < -0.39 is 11.4 Å². The molecular formula is C27H32FN7O3. The Labute approximate surface area is 220 Å². The maximum Gasteiger partial charge on any atom is 0.410 e. The number of ether oxygens (including phenoxy) is 1. The van der Waals surface area contributed by atoms with Crippen LogP contribution in [0.2, 0.25) is 0 Å². The van der Waals surface area contributed by atoms with Crippen LogP contribution in [0.1, 0.15) is 43.2 Å². The SMILES string of the molecule is Cc1cn2cc(NC(=O)c3ccc(N4CC[C@@H](N(C)C(=O)OC(C)(C)C)C4)c4cn(C)nc34)cc(F)c2n1. The summed E-state index contributed by atoms with van der Waals surface area (Å²) in [7, 11) is 3.57. The Kier molecular flexibility index (Phi) is 6.24. The third-order valence-corrected chi connectivity index (χ3v) is 6.63. The highest BCUT2D eigenvalue weighted by Gasteiger charge is 2.32. The number of imidazole rings is 1. The average Bonchev–Trinajstić information content (AvgIpc) is 3.54. The molecule has 0 aliphatic carbocycles. The van der Waals surface area contributed by atoms with Crippen LogP contribution in [0.5, 0.6) is 0 Å². The van der Waals surface area contributed by atoms with Crippen molar-refractivity contribution in [3.8, 4) is 0 Å². The Balaban J connectivity index is 1.38. The second-order valence-electron chi connectivity index (χ2n) is 10.8. The Hall–Kier alpha value is -4.15. The molecule has 11 heteroatoms. The molecule has 5 rings (SSSR count). The molecule has 3 aromatic heterocycles. The van der Waals surface area contributed by atoms with E-state index in [0.29, 0.717) is 29.0 Å². The number of anilines is 2. The summed E-state index contributed by atoms with van der Waals surface area (Å²) in [5.41, 5.74) is 2.51. The van der Waals surface area contributed by atoms with Crippen LogP contribution < -0.4 is 10.2 Å². The molecule has 4 heterocycles. The van der Waals surface area contributed by atoms with E-state index in [2.05, 4.69) is 20.3 Å². The highest BCUT2D eigenvalue weighted by molar-refractivity contribution is 6.13. The zero-order chi connectivity index (χ0) is 27.4. The van der Waals surface area contributed by atoms with Gasteiger partial charge in [-0.3, -0.25) is 9.48 Å². The number of fused-ring (bicyclic) bond motifs is 2. The van der Waals surface area contributed by atoms with Crippen LogP contribution in [-0.4, -0.2) is 67.8 Å². The van der Waals surface area contributed by atoms with Crippen LogP contribution in [0.3, 0.4) is 0 Å². The van der Waals surface area contributed by atoms with E-state index in [1.165, 1.54) is 6.07 Å². The van der Waals surface area contributed by atoms with Crippen LogP contribution in [0.25, 0.3) is 16.6 Å². The third-order valence-electron chi connectivity index (χ3n) is 6.63. The van der Waals surface area contributed by atoms with Crippen molar-refractivity contribution in [2.75, 3.05) is 30.4 Å². The number of carbonyl (C=O) groups is 2. The maximum absolute atomic E-state index is 14.5. The summed E-state index contributed by atoms with van der Waals surface area (Å²) >= 11 is 0. The Morgan fingerprint density at radius 2 is 1.97 bits per heavy atom. The van der Waals surface area contributed by atoms with Gasteiger partial charge in [0.25, 0.3) is 5.91 Å². The molecule has 0 saturated carbocycles.